The second-order valence-electron chi connectivity index (χ2n) is 6.89. The first-order chi connectivity index (χ1) is 13.6. The lowest BCUT2D eigenvalue weighted by Crippen LogP contribution is -2.41. The van der Waals surface area contributed by atoms with Crippen molar-refractivity contribution < 1.29 is 32.6 Å². The van der Waals surface area contributed by atoms with E-state index < -0.39 is 36.9 Å². The summed E-state index contributed by atoms with van der Waals surface area (Å²) < 4.78 is 87.7. The molecule has 1 aliphatic rings. The molecule has 0 unspecified atom stereocenters. The van der Waals surface area contributed by atoms with Gasteiger partial charge in [-0.2, -0.15) is 0 Å². The zero-order valence-electron chi connectivity index (χ0n) is 15.3. The van der Waals surface area contributed by atoms with E-state index in [0.29, 0.717) is 5.56 Å². The molecule has 0 saturated heterocycles. The van der Waals surface area contributed by atoms with Crippen LogP contribution in [0.4, 0.5) is 19.4 Å². The SMILES string of the molecule is O=C(Cc1ccc(S(F)(F)(F)(F)F)cc1)N(Cc1ccncc1)[C@@H]1C=CS(=O)(=O)C1. The van der Waals surface area contributed by atoms with Gasteiger partial charge in [0.25, 0.3) is 0 Å². The summed E-state index contributed by atoms with van der Waals surface area (Å²) in [5.41, 5.74) is 0.766. The van der Waals surface area contributed by atoms with Crippen molar-refractivity contribution in [2.75, 3.05) is 5.75 Å². The predicted molar refractivity (Wildman–Crippen MR) is 103 cm³/mol. The Bertz CT molecular complexity index is 1090. The molecular weight excluding hydrogens is 451 g/mol. The highest BCUT2D eigenvalue weighted by atomic mass is 32.5. The lowest BCUT2D eigenvalue weighted by Gasteiger charge is -2.40. The standard InChI is InChI=1S/C18H17F5N2O3S2/c19-30(20,21,22,23)17-3-1-14(2-4-17)11-18(26)25(12-15-5-8-24-9-6-15)16-7-10-29(27,28)13-16/h1-10,16H,11-13H2/t16-/m1/s1. The van der Waals surface area contributed by atoms with Gasteiger partial charge >= 0.3 is 10.2 Å². The average molecular weight is 468 g/mol. The molecule has 0 fully saturated rings. The summed E-state index contributed by atoms with van der Waals surface area (Å²) in [6.07, 6.45) is 3.98. The number of halogens is 5. The second-order valence-corrected chi connectivity index (χ2v) is 11.2. The second kappa shape index (κ2) is 6.77. The van der Waals surface area contributed by atoms with Crippen molar-refractivity contribution >= 4 is 26.0 Å². The Kier molecular flexibility index (Phi) is 5.02. The third-order valence-corrected chi connectivity index (χ3v) is 7.00. The molecule has 0 N–H and O–H groups in total. The first-order valence-electron chi connectivity index (χ1n) is 8.55. The van der Waals surface area contributed by atoms with Crippen LogP contribution in [0.1, 0.15) is 11.1 Å². The number of rotatable bonds is 6. The maximum absolute atomic E-state index is 12.8. The summed E-state index contributed by atoms with van der Waals surface area (Å²) >= 11 is 0. The van der Waals surface area contributed by atoms with Crippen molar-refractivity contribution in [3.63, 3.8) is 0 Å². The molecule has 0 saturated carbocycles. The molecule has 164 valence electrons. The quantitative estimate of drug-likeness (QED) is 0.581. The first-order valence-corrected chi connectivity index (χ1v) is 12.2. The average Bonchev–Trinajstić information content (AvgIpc) is 2.98. The van der Waals surface area contributed by atoms with Crippen LogP contribution in [-0.4, -0.2) is 36.0 Å². The highest BCUT2D eigenvalue weighted by Gasteiger charge is 2.65. The molecule has 1 amide bonds. The normalized spacial score (nSPS) is 20.4. The molecule has 3 rings (SSSR count). The summed E-state index contributed by atoms with van der Waals surface area (Å²) in [7, 11) is -13.3. The number of amides is 1. The fraction of sp³-hybridized carbons (Fsp3) is 0.222. The molecule has 1 atom stereocenters. The molecular formula is C18H17F5N2O3S2. The fourth-order valence-corrected chi connectivity index (χ4v) is 4.92. The minimum absolute atomic E-state index is 0.0510. The Balaban J connectivity index is 1.82. The smallest absolute Gasteiger partial charge is 0.310 e. The van der Waals surface area contributed by atoms with Gasteiger partial charge in [-0.1, -0.05) is 31.6 Å². The van der Waals surface area contributed by atoms with E-state index in [-0.39, 0.29) is 36.4 Å². The number of hydrogen-bond acceptors (Lipinski definition) is 4. The van der Waals surface area contributed by atoms with Gasteiger partial charge in [0, 0.05) is 24.3 Å². The summed E-state index contributed by atoms with van der Waals surface area (Å²) in [5, 5.41) is 1.01. The minimum Gasteiger partial charge on any atom is -0.331 e. The number of aromatic nitrogens is 1. The van der Waals surface area contributed by atoms with Gasteiger partial charge in [0.1, 0.15) is 4.90 Å². The molecule has 0 radical (unpaired) electrons. The molecule has 2 aromatic rings. The number of carbonyl (C=O) groups is 1. The molecule has 1 aromatic carbocycles. The number of carbonyl (C=O) groups excluding carboxylic acids is 1. The Morgan fingerprint density at radius 1 is 1.00 bits per heavy atom. The number of pyridine rings is 1. The molecule has 0 spiro atoms. The van der Waals surface area contributed by atoms with Crippen molar-refractivity contribution in [1.82, 2.24) is 9.88 Å². The Morgan fingerprint density at radius 3 is 2.10 bits per heavy atom. The first kappa shape index (κ1) is 22.2. The Labute approximate surface area is 169 Å². The van der Waals surface area contributed by atoms with Gasteiger partial charge in [0.2, 0.25) is 5.91 Å². The van der Waals surface area contributed by atoms with Crippen molar-refractivity contribution in [2.24, 2.45) is 0 Å². The van der Waals surface area contributed by atoms with Gasteiger partial charge in [0.15, 0.2) is 9.84 Å². The molecule has 0 bridgehead atoms. The maximum atomic E-state index is 12.8. The number of sulfone groups is 1. The van der Waals surface area contributed by atoms with Crippen molar-refractivity contribution in [2.45, 2.75) is 23.9 Å². The monoisotopic (exact) mass is 468 g/mol. The predicted octanol–water partition coefficient (Wildman–Crippen LogP) is 4.62. The van der Waals surface area contributed by atoms with Gasteiger partial charge in [-0.25, -0.2) is 8.42 Å². The fourth-order valence-electron chi connectivity index (χ4n) is 2.97. The van der Waals surface area contributed by atoms with Crippen molar-refractivity contribution in [3.05, 3.63) is 71.4 Å². The molecule has 5 nitrogen and oxygen atoms in total. The van der Waals surface area contributed by atoms with E-state index in [1.54, 1.807) is 12.1 Å². The van der Waals surface area contributed by atoms with Crippen LogP contribution < -0.4 is 0 Å². The number of nitrogens with zero attached hydrogens (tertiary/aromatic N) is 2. The Morgan fingerprint density at radius 2 is 1.60 bits per heavy atom. The van der Waals surface area contributed by atoms with Crippen LogP contribution in [0.3, 0.4) is 0 Å². The van der Waals surface area contributed by atoms with Crippen LogP contribution in [0.5, 0.6) is 0 Å². The third-order valence-electron chi connectivity index (χ3n) is 4.46. The van der Waals surface area contributed by atoms with Crippen LogP contribution >= 0.6 is 10.2 Å². The van der Waals surface area contributed by atoms with E-state index >= 15 is 0 Å². The molecule has 30 heavy (non-hydrogen) atoms. The summed E-state index contributed by atoms with van der Waals surface area (Å²) in [5.74, 6) is -0.869. The molecule has 1 aromatic heterocycles. The van der Waals surface area contributed by atoms with Crippen LogP contribution in [0, 0.1) is 0 Å². The lowest BCUT2D eigenvalue weighted by atomic mass is 10.1. The topological polar surface area (TPSA) is 67.3 Å². The van der Waals surface area contributed by atoms with E-state index in [1.165, 1.54) is 23.4 Å². The van der Waals surface area contributed by atoms with E-state index in [0.717, 1.165) is 17.5 Å². The van der Waals surface area contributed by atoms with E-state index in [1.807, 2.05) is 0 Å². The van der Waals surface area contributed by atoms with Gasteiger partial charge in [-0.05, 0) is 41.5 Å². The largest absolute Gasteiger partial charge is 0.331 e. The lowest BCUT2D eigenvalue weighted by molar-refractivity contribution is -0.132. The molecule has 1 aliphatic heterocycles. The van der Waals surface area contributed by atoms with Gasteiger partial charge in [-0.15, -0.1) is 0 Å². The number of benzene rings is 1. The van der Waals surface area contributed by atoms with Crippen LogP contribution in [0.2, 0.25) is 0 Å². The van der Waals surface area contributed by atoms with Crippen LogP contribution in [0.15, 0.2) is 65.2 Å². The number of hydrogen-bond donors (Lipinski definition) is 0. The van der Waals surface area contributed by atoms with Crippen molar-refractivity contribution in [1.29, 1.82) is 0 Å². The third kappa shape index (κ3) is 5.57. The zero-order valence-corrected chi connectivity index (χ0v) is 16.9. The van der Waals surface area contributed by atoms with Gasteiger partial charge < -0.3 is 4.90 Å². The van der Waals surface area contributed by atoms with Gasteiger partial charge in [-0.3, -0.25) is 9.78 Å². The van der Waals surface area contributed by atoms with E-state index in [2.05, 4.69) is 4.98 Å². The van der Waals surface area contributed by atoms with Gasteiger partial charge in [0.05, 0.1) is 18.2 Å². The maximum Gasteiger partial charge on any atom is 0.310 e. The van der Waals surface area contributed by atoms with Crippen molar-refractivity contribution in [3.8, 4) is 0 Å². The molecule has 0 aliphatic carbocycles. The highest BCUT2D eigenvalue weighted by Crippen LogP contribution is 3.02. The Hall–Kier alpha value is -2.47. The van der Waals surface area contributed by atoms with Crippen LogP contribution in [0.25, 0.3) is 0 Å². The van der Waals surface area contributed by atoms with Crippen LogP contribution in [-0.2, 0) is 27.6 Å². The zero-order chi connectivity index (χ0) is 22.3. The minimum atomic E-state index is -9.79. The molecule has 12 heteroatoms. The summed E-state index contributed by atoms with van der Waals surface area (Å²) in [6, 6.07) is 4.65. The van der Waals surface area contributed by atoms with E-state index in [4.69, 9.17) is 0 Å². The van der Waals surface area contributed by atoms with E-state index in [9.17, 15) is 32.6 Å². The summed E-state index contributed by atoms with van der Waals surface area (Å²) in [6.45, 7) is 0.0510. The molecule has 2 heterocycles. The highest BCUT2D eigenvalue weighted by molar-refractivity contribution is 8.45. The summed E-state index contributed by atoms with van der Waals surface area (Å²) in [4.78, 5) is 16.0.